The van der Waals surface area contributed by atoms with Crippen molar-refractivity contribution in [1.82, 2.24) is 24.9 Å². The Bertz CT molecular complexity index is 575. The third kappa shape index (κ3) is 2.60. The molecule has 0 saturated carbocycles. The van der Waals surface area contributed by atoms with Crippen molar-refractivity contribution < 1.29 is 4.79 Å². The van der Waals surface area contributed by atoms with Crippen LogP contribution in [0.15, 0.2) is 24.5 Å². The van der Waals surface area contributed by atoms with E-state index in [2.05, 4.69) is 20.2 Å². The van der Waals surface area contributed by atoms with Crippen LogP contribution < -0.4 is 0 Å². The van der Waals surface area contributed by atoms with Gasteiger partial charge >= 0.3 is 0 Å². The lowest BCUT2D eigenvalue weighted by Crippen LogP contribution is -2.24. The molecular weight excluding hydrogens is 254 g/mol. The number of hydrogen-bond donors (Lipinski definition) is 0. The molecule has 0 unspecified atom stereocenters. The Kier molecular flexibility index (Phi) is 3.83. The van der Waals surface area contributed by atoms with E-state index in [4.69, 9.17) is 0 Å². The number of pyridine rings is 1. The first-order valence-electron chi connectivity index (χ1n) is 6.90. The first-order valence-corrected chi connectivity index (χ1v) is 6.90. The molecule has 6 heteroatoms. The van der Waals surface area contributed by atoms with Gasteiger partial charge in [-0.2, -0.15) is 0 Å². The lowest BCUT2D eigenvalue weighted by atomic mass is 10.1. The maximum absolute atomic E-state index is 11.1. The summed E-state index contributed by atoms with van der Waals surface area (Å²) in [4.78, 5) is 17.6. The van der Waals surface area contributed by atoms with Crippen molar-refractivity contribution in [2.45, 2.75) is 19.4 Å². The quantitative estimate of drug-likeness (QED) is 0.766. The topological polar surface area (TPSA) is 63.9 Å². The molecule has 0 bridgehead atoms. The van der Waals surface area contributed by atoms with Gasteiger partial charge in [0.1, 0.15) is 0 Å². The van der Waals surface area contributed by atoms with Crippen LogP contribution in [0.1, 0.15) is 23.3 Å². The molecule has 0 aromatic carbocycles. The van der Waals surface area contributed by atoms with Crippen molar-refractivity contribution in [3.05, 3.63) is 30.2 Å². The maximum atomic E-state index is 11.1. The van der Waals surface area contributed by atoms with Gasteiger partial charge in [-0.25, -0.2) is 4.68 Å². The first kappa shape index (κ1) is 12.9. The number of carbonyl (C=O) groups excluding carboxylic acids is 1. The highest BCUT2D eigenvalue weighted by atomic mass is 16.1. The summed E-state index contributed by atoms with van der Waals surface area (Å²) >= 11 is 0. The van der Waals surface area contributed by atoms with Gasteiger partial charge in [-0.3, -0.25) is 9.78 Å². The van der Waals surface area contributed by atoms with Crippen LogP contribution in [0.5, 0.6) is 0 Å². The minimum Gasteiger partial charge on any atom is -0.301 e. The number of hydrogen-bond acceptors (Lipinski definition) is 5. The molecule has 0 radical (unpaired) electrons. The Morgan fingerprint density at radius 2 is 1.90 bits per heavy atom. The number of likely N-dealkylation sites (tertiary alicyclic amines) is 1. The SMILES string of the molecule is O=Cc1nnn(CCN2CCCC2)c1-c1ccncc1. The second-order valence-electron chi connectivity index (χ2n) is 4.95. The van der Waals surface area contributed by atoms with Crippen LogP contribution in [-0.2, 0) is 6.54 Å². The van der Waals surface area contributed by atoms with Crippen molar-refractivity contribution in [2.75, 3.05) is 19.6 Å². The number of aromatic nitrogens is 4. The zero-order valence-electron chi connectivity index (χ0n) is 11.3. The Balaban J connectivity index is 1.83. The zero-order valence-corrected chi connectivity index (χ0v) is 11.3. The van der Waals surface area contributed by atoms with E-state index in [0.717, 1.165) is 43.7 Å². The van der Waals surface area contributed by atoms with Gasteiger partial charge in [0.25, 0.3) is 0 Å². The van der Waals surface area contributed by atoms with Gasteiger partial charge in [0.05, 0.1) is 12.2 Å². The minimum atomic E-state index is 0.387. The van der Waals surface area contributed by atoms with Crippen molar-refractivity contribution in [3.63, 3.8) is 0 Å². The smallest absolute Gasteiger partial charge is 0.172 e. The largest absolute Gasteiger partial charge is 0.301 e. The molecule has 1 aliphatic rings. The molecule has 6 nitrogen and oxygen atoms in total. The predicted octanol–water partition coefficient (Wildman–Crippen LogP) is 1.25. The van der Waals surface area contributed by atoms with Gasteiger partial charge in [0.15, 0.2) is 12.0 Å². The molecule has 1 fully saturated rings. The van der Waals surface area contributed by atoms with Crippen molar-refractivity contribution in [3.8, 4) is 11.3 Å². The van der Waals surface area contributed by atoms with Gasteiger partial charge in [-0.1, -0.05) is 5.21 Å². The summed E-state index contributed by atoms with van der Waals surface area (Å²) in [7, 11) is 0. The number of aldehydes is 1. The van der Waals surface area contributed by atoms with E-state index in [0.29, 0.717) is 5.69 Å². The van der Waals surface area contributed by atoms with E-state index < -0.39 is 0 Å². The molecule has 1 aliphatic heterocycles. The van der Waals surface area contributed by atoms with Crippen molar-refractivity contribution >= 4 is 6.29 Å². The Labute approximate surface area is 117 Å². The predicted molar refractivity (Wildman–Crippen MR) is 74.3 cm³/mol. The summed E-state index contributed by atoms with van der Waals surface area (Å²) in [5.41, 5.74) is 2.09. The second kappa shape index (κ2) is 5.92. The van der Waals surface area contributed by atoms with Gasteiger partial charge in [-0.05, 0) is 38.1 Å². The Morgan fingerprint density at radius 1 is 1.15 bits per heavy atom. The molecule has 0 amide bonds. The van der Waals surface area contributed by atoms with Gasteiger partial charge in [-0.15, -0.1) is 5.10 Å². The highest BCUT2D eigenvalue weighted by Crippen LogP contribution is 2.20. The summed E-state index contributed by atoms with van der Waals surface area (Å²) < 4.78 is 1.82. The molecule has 1 saturated heterocycles. The molecule has 0 aliphatic carbocycles. The van der Waals surface area contributed by atoms with Crippen LogP contribution in [-0.4, -0.2) is 50.8 Å². The highest BCUT2D eigenvalue weighted by Gasteiger charge is 2.16. The van der Waals surface area contributed by atoms with Crippen LogP contribution in [0.3, 0.4) is 0 Å². The molecular formula is C14H17N5O. The minimum absolute atomic E-state index is 0.387. The van der Waals surface area contributed by atoms with Crippen molar-refractivity contribution in [1.29, 1.82) is 0 Å². The molecule has 2 aromatic heterocycles. The van der Waals surface area contributed by atoms with Gasteiger partial charge in [0, 0.05) is 24.5 Å². The summed E-state index contributed by atoms with van der Waals surface area (Å²) in [5, 5.41) is 8.07. The summed E-state index contributed by atoms with van der Waals surface area (Å²) in [6.45, 7) is 4.00. The molecule has 3 heterocycles. The second-order valence-corrected chi connectivity index (χ2v) is 4.95. The maximum Gasteiger partial charge on any atom is 0.172 e. The van der Waals surface area contributed by atoms with Crippen LogP contribution in [0.2, 0.25) is 0 Å². The normalized spacial score (nSPS) is 15.6. The fourth-order valence-electron chi connectivity index (χ4n) is 2.61. The standard InChI is InChI=1S/C14H17N5O/c20-11-13-14(12-3-5-15-6-4-12)19(17-16-13)10-9-18-7-1-2-8-18/h3-6,11H,1-2,7-10H2. The highest BCUT2D eigenvalue weighted by molar-refractivity contribution is 5.83. The van der Waals surface area contributed by atoms with Crippen LogP contribution in [0.25, 0.3) is 11.3 Å². The first-order chi connectivity index (χ1) is 9.88. The number of rotatable bonds is 5. The molecule has 2 aromatic rings. The third-order valence-electron chi connectivity index (χ3n) is 3.65. The lowest BCUT2D eigenvalue weighted by Gasteiger charge is -2.15. The monoisotopic (exact) mass is 271 g/mol. The number of carbonyl (C=O) groups is 1. The molecule has 0 N–H and O–H groups in total. The molecule has 3 rings (SSSR count). The molecule has 20 heavy (non-hydrogen) atoms. The molecule has 0 atom stereocenters. The fraction of sp³-hybridized carbons (Fsp3) is 0.429. The van der Waals surface area contributed by atoms with E-state index in [9.17, 15) is 4.79 Å². The average Bonchev–Trinajstić information content (AvgIpc) is 3.15. The van der Waals surface area contributed by atoms with Crippen molar-refractivity contribution in [2.24, 2.45) is 0 Å². The van der Waals surface area contributed by atoms with Crippen LogP contribution in [0.4, 0.5) is 0 Å². The van der Waals surface area contributed by atoms with E-state index in [-0.39, 0.29) is 0 Å². The summed E-state index contributed by atoms with van der Waals surface area (Å²) in [6, 6.07) is 3.75. The van der Waals surface area contributed by atoms with Crippen LogP contribution in [0, 0.1) is 0 Å². The molecule has 0 spiro atoms. The third-order valence-corrected chi connectivity index (χ3v) is 3.65. The van der Waals surface area contributed by atoms with Gasteiger partial charge < -0.3 is 4.90 Å². The fourth-order valence-corrected chi connectivity index (χ4v) is 2.61. The van der Waals surface area contributed by atoms with E-state index in [1.165, 1.54) is 12.8 Å². The lowest BCUT2D eigenvalue weighted by molar-refractivity contribution is 0.111. The van der Waals surface area contributed by atoms with Crippen LogP contribution >= 0.6 is 0 Å². The van der Waals surface area contributed by atoms with Gasteiger partial charge in [0.2, 0.25) is 0 Å². The molecule has 104 valence electrons. The van der Waals surface area contributed by atoms with E-state index >= 15 is 0 Å². The number of nitrogens with zero attached hydrogens (tertiary/aromatic N) is 5. The van der Waals surface area contributed by atoms with E-state index in [1.807, 2.05) is 16.8 Å². The zero-order chi connectivity index (χ0) is 13.8. The Hall–Kier alpha value is -2.08. The summed E-state index contributed by atoms with van der Waals surface area (Å²) in [5.74, 6) is 0. The Morgan fingerprint density at radius 3 is 2.60 bits per heavy atom. The summed E-state index contributed by atoms with van der Waals surface area (Å²) in [6.07, 6.45) is 6.72. The average molecular weight is 271 g/mol. The van der Waals surface area contributed by atoms with E-state index in [1.54, 1.807) is 12.4 Å².